The van der Waals surface area contributed by atoms with E-state index in [-0.39, 0.29) is 16.9 Å². The minimum absolute atomic E-state index is 0.0283. The van der Waals surface area contributed by atoms with Crippen molar-refractivity contribution in [2.24, 2.45) is 0 Å². The molecule has 0 aromatic heterocycles. The molecule has 1 unspecified atom stereocenters. The van der Waals surface area contributed by atoms with Crippen molar-refractivity contribution in [3.05, 3.63) is 28.3 Å². The highest BCUT2D eigenvalue weighted by atomic mass is 32.2. The normalized spacial score (nSPS) is 21.1. The largest absolute Gasteiger partial charge is 0.379 e. The van der Waals surface area contributed by atoms with Gasteiger partial charge in [-0.25, -0.2) is 8.42 Å². The van der Waals surface area contributed by atoms with Gasteiger partial charge in [0, 0.05) is 32.3 Å². The molecule has 3 rings (SSSR count). The highest BCUT2D eigenvalue weighted by Crippen LogP contribution is 2.30. The highest BCUT2D eigenvalue weighted by Gasteiger charge is 2.28. The second kappa shape index (κ2) is 11.0. The molecule has 1 aromatic rings. The third-order valence-electron chi connectivity index (χ3n) is 5.45. The van der Waals surface area contributed by atoms with Gasteiger partial charge in [-0.05, 0) is 50.7 Å². The number of hydrogen-bond acceptors (Lipinski definition) is 7. The lowest BCUT2D eigenvalue weighted by atomic mass is 10.2. The second-order valence-electron chi connectivity index (χ2n) is 7.70. The number of nitro groups is 1. The maximum Gasteiger partial charge on any atom is 0.293 e. The van der Waals surface area contributed by atoms with Crippen LogP contribution in [-0.4, -0.2) is 56.8 Å². The third kappa shape index (κ3) is 6.13. The van der Waals surface area contributed by atoms with E-state index in [0.29, 0.717) is 38.3 Å². The van der Waals surface area contributed by atoms with E-state index >= 15 is 0 Å². The zero-order chi connectivity index (χ0) is 21.4. The molecule has 0 bridgehead atoms. The Hall–Kier alpha value is -1.75. The fraction of sp³-hybridized carbons (Fsp3) is 0.700. The fourth-order valence-electron chi connectivity index (χ4n) is 3.76. The van der Waals surface area contributed by atoms with Crippen LogP contribution in [0.25, 0.3) is 0 Å². The zero-order valence-corrected chi connectivity index (χ0v) is 18.1. The van der Waals surface area contributed by atoms with Crippen LogP contribution in [0.3, 0.4) is 0 Å². The first kappa shape index (κ1) is 22.9. The van der Waals surface area contributed by atoms with Gasteiger partial charge in [-0.1, -0.05) is 12.8 Å². The highest BCUT2D eigenvalue weighted by molar-refractivity contribution is 7.89. The van der Waals surface area contributed by atoms with Crippen LogP contribution < -0.4 is 5.32 Å². The number of nitrogens with one attached hydrogen (secondary N) is 1. The minimum Gasteiger partial charge on any atom is -0.379 e. The summed E-state index contributed by atoms with van der Waals surface area (Å²) in [5.41, 5.74) is 0.0751. The molecule has 30 heavy (non-hydrogen) atoms. The Labute approximate surface area is 177 Å². The topological polar surface area (TPSA) is 111 Å². The molecule has 2 aliphatic heterocycles. The van der Waals surface area contributed by atoms with Crippen LogP contribution in [0.1, 0.15) is 51.4 Å². The Balaban J connectivity index is 1.59. The lowest BCUT2D eigenvalue weighted by Gasteiger charge is -2.22. The van der Waals surface area contributed by atoms with Crippen LogP contribution in [0.15, 0.2) is 23.1 Å². The lowest BCUT2D eigenvalue weighted by molar-refractivity contribution is -0.384. The van der Waals surface area contributed by atoms with Crippen molar-refractivity contribution in [2.75, 3.05) is 38.2 Å². The Morgan fingerprint density at radius 3 is 2.60 bits per heavy atom. The van der Waals surface area contributed by atoms with E-state index in [9.17, 15) is 18.5 Å². The monoisotopic (exact) mass is 441 g/mol. The molecule has 0 aliphatic carbocycles. The van der Waals surface area contributed by atoms with Crippen molar-refractivity contribution in [3.63, 3.8) is 0 Å². The molecule has 0 saturated carbocycles. The Bertz CT molecular complexity index is 803. The van der Waals surface area contributed by atoms with Gasteiger partial charge in [0.1, 0.15) is 5.69 Å². The molecule has 1 N–H and O–H groups in total. The first-order chi connectivity index (χ1) is 14.5. The number of sulfonamides is 1. The lowest BCUT2D eigenvalue weighted by Crippen LogP contribution is -2.32. The molecule has 168 valence electrons. The fourth-order valence-corrected chi connectivity index (χ4v) is 5.29. The van der Waals surface area contributed by atoms with E-state index in [1.54, 1.807) is 0 Å². The van der Waals surface area contributed by atoms with Gasteiger partial charge in [-0.3, -0.25) is 10.1 Å². The molecule has 2 aliphatic rings. The van der Waals surface area contributed by atoms with Gasteiger partial charge in [-0.2, -0.15) is 4.31 Å². The maximum absolute atomic E-state index is 12.9. The van der Waals surface area contributed by atoms with Gasteiger partial charge in [0.15, 0.2) is 6.29 Å². The van der Waals surface area contributed by atoms with Crippen LogP contribution in [0.2, 0.25) is 0 Å². The van der Waals surface area contributed by atoms with E-state index in [4.69, 9.17) is 9.47 Å². The van der Waals surface area contributed by atoms with Crippen molar-refractivity contribution in [2.45, 2.75) is 62.6 Å². The van der Waals surface area contributed by atoms with Gasteiger partial charge in [0.05, 0.1) is 16.4 Å². The number of ether oxygens (including phenoxy) is 2. The number of anilines is 1. The molecule has 1 atom stereocenters. The standard InChI is InChI=1S/C20H31N3O6S/c24-23(25)19-16-17(30(26,27)22-12-4-1-2-5-13-22)9-10-18(19)21-11-7-15-29-20-8-3-6-14-28-20/h9-10,16,20-21H,1-8,11-15H2. The van der Waals surface area contributed by atoms with Crippen molar-refractivity contribution >= 4 is 21.4 Å². The SMILES string of the molecule is O=[N+]([O-])c1cc(S(=O)(=O)N2CCCCCC2)ccc1NCCCOC1CCCCO1. The predicted molar refractivity (Wildman–Crippen MR) is 113 cm³/mol. The molecule has 10 heteroatoms. The second-order valence-corrected chi connectivity index (χ2v) is 9.64. The summed E-state index contributed by atoms with van der Waals surface area (Å²) in [6.45, 7) is 2.61. The molecule has 2 heterocycles. The van der Waals surface area contributed by atoms with E-state index in [0.717, 1.165) is 57.6 Å². The summed E-state index contributed by atoms with van der Waals surface area (Å²) in [5.74, 6) is 0. The van der Waals surface area contributed by atoms with E-state index in [1.807, 2.05) is 0 Å². The van der Waals surface area contributed by atoms with E-state index in [2.05, 4.69) is 5.32 Å². The summed E-state index contributed by atoms with van der Waals surface area (Å²) >= 11 is 0. The number of benzene rings is 1. The molecular formula is C20H31N3O6S. The summed E-state index contributed by atoms with van der Waals surface area (Å²) in [7, 11) is -3.73. The van der Waals surface area contributed by atoms with E-state index in [1.165, 1.54) is 16.4 Å². The molecule has 2 fully saturated rings. The van der Waals surface area contributed by atoms with Crippen LogP contribution in [0.4, 0.5) is 11.4 Å². The number of nitrogens with zero attached hydrogens (tertiary/aromatic N) is 2. The van der Waals surface area contributed by atoms with Crippen molar-refractivity contribution < 1.29 is 22.8 Å². The summed E-state index contributed by atoms with van der Waals surface area (Å²) in [5, 5.41) is 14.6. The third-order valence-corrected chi connectivity index (χ3v) is 7.34. The molecule has 1 aromatic carbocycles. The zero-order valence-electron chi connectivity index (χ0n) is 17.3. The van der Waals surface area contributed by atoms with Gasteiger partial charge in [-0.15, -0.1) is 0 Å². The van der Waals surface area contributed by atoms with Crippen LogP contribution in [0, 0.1) is 10.1 Å². The average Bonchev–Trinajstić information content (AvgIpc) is 3.04. The molecule has 9 nitrogen and oxygen atoms in total. The minimum atomic E-state index is -3.73. The van der Waals surface area contributed by atoms with Gasteiger partial charge >= 0.3 is 0 Å². The first-order valence-corrected chi connectivity index (χ1v) is 12.2. The molecular weight excluding hydrogens is 410 g/mol. The Kier molecular flexibility index (Phi) is 8.43. The number of rotatable bonds is 9. The summed E-state index contributed by atoms with van der Waals surface area (Å²) in [4.78, 5) is 11.0. The summed E-state index contributed by atoms with van der Waals surface area (Å²) in [6, 6.07) is 4.09. The molecule has 0 radical (unpaired) electrons. The van der Waals surface area contributed by atoms with Gasteiger partial charge in [0.2, 0.25) is 10.0 Å². The van der Waals surface area contributed by atoms with Crippen LogP contribution in [0.5, 0.6) is 0 Å². The van der Waals surface area contributed by atoms with E-state index < -0.39 is 14.9 Å². The Morgan fingerprint density at radius 1 is 1.17 bits per heavy atom. The number of hydrogen-bond donors (Lipinski definition) is 1. The molecule has 0 spiro atoms. The van der Waals surface area contributed by atoms with Crippen molar-refractivity contribution in [3.8, 4) is 0 Å². The van der Waals surface area contributed by atoms with Crippen molar-refractivity contribution in [1.82, 2.24) is 4.31 Å². The summed E-state index contributed by atoms with van der Waals surface area (Å²) in [6.07, 6.45) is 7.20. The van der Waals surface area contributed by atoms with Crippen LogP contribution >= 0.6 is 0 Å². The molecule has 2 saturated heterocycles. The predicted octanol–water partition coefficient (Wildman–Crippen LogP) is 3.50. The smallest absolute Gasteiger partial charge is 0.293 e. The van der Waals surface area contributed by atoms with Gasteiger partial charge < -0.3 is 14.8 Å². The van der Waals surface area contributed by atoms with Crippen LogP contribution in [-0.2, 0) is 19.5 Å². The average molecular weight is 442 g/mol. The Morgan fingerprint density at radius 2 is 1.93 bits per heavy atom. The van der Waals surface area contributed by atoms with Gasteiger partial charge in [0.25, 0.3) is 5.69 Å². The first-order valence-electron chi connectivity index (χ1n) is 10.7. The van der Waals surface area contributed by atoms with Crippen molar-refractivity contribution in [1.29, 1.82) is 0 Å². The summed E-state index contributed by atoms with van der Waals surface area (Å²) < 4.78 is 38.5. The maximum atomic E-state index is 12.9. The quantitative estimate of drug-likeness (QED) is 0.355. The molecule has 0 amide bonds. The number of nitro benzene ring substituents is 1.